The van der Waals surface area contributed by atoms with Crippen LogP contribution < -0.4 is 5.73 Å². The Hall–Kier alpha value is -1.20. The second kappa shape index (κ2) is 5.30. The minimum absolute atomic E-state index is 0.295. The van der Waals surface area contributed by atoms with Crippen LogP contribution in [0.3, 0.4) is 0 Å². The van der Waals surface area contributed by atoms with Crippen molar-refractivity contribution in [3.63, 3.8) is 0 Å². The fourth-order valence-electron chi connectivity index (χ4n) is 2.79. The van der Waals surface area contributed by atoms with E-state index in [2.05, 4.69) is 24.0 Å². The van der Waals surface area contributed by atoms with Crippen LogP contribution >= 0.6 is 11.3 Å². The SMILES string of the molecule is CC1(C)CCC(c2noc(C(N)c3cccs3)n2)CC1. The van der Waals surface area contributed by atoms with Gasteiger partial charge in [0.2, 0.25) is 5.89 Å². The molecule has 0 aliphatic heterocycles. The van der Waals surface area contributed by atoms with Crippen LogP contribution in [0.15, 0.2) is 22.0 Å². The summed E-state index contributed by atoms with van der Waals surface area (Å²) in [6, 6.07) is 3.69. The lowest BCUT2D eigenvalue weighted by atomic mass is 9.73. The van der Waals surface area contributed by atoms with Gasteiger partial charge in [0.1, 0.15) is 6.04 Å². The molecule has 2 N–H and O–H groups in total. The predicted octanol–water partition coefficient (Wildman–Crippen LogP) is 3.86. The van der Waals surface area contributed by atoms with Crippen LogP contribution in [0.5, 0.6) is 0 Å². The van der Waals surface area contributed by atoms with E-state index in [0.29, 0.717) is 17.2 Å². The Kier molecular flexibility index (Phi) is 3.65. The number of hydrogen-bond acceptors (Lipinski definition) is 5. The minimum Gasteiger partial charge on any atom is -0.337 e. The highest BCUT2D eigenvalue weighted by Gasteiger charge is 2.30. The molecule has 0 amide bonds. The number of nitrogens with two attached hydrogens (primary N) is 1. The Balaban J connectivity index is 1.71. The highest BCUT2D eigenvalue weighted by molar-refractivity contribution is 7.10. The van der Waals surface area contributed by atoms with Crippen molar-refractivity contribution in [2.45, 2.75) is 51.5 Å². The summed E-state index contributed by atoms with van der Waals surface area (Å²) in [5.74, 6) is 1.80. The zero-order valence-electron chi connectivity index (χ0n) is 12.0. The summed E-state index contributed by atoms with van der Waals surface area (Å²) in [6.07, 6.45) is 4.72. The van der Waals surface area contributed by atoms with Gasteiger partial charge in [-0.15, -0.1) is 11.3 Å². The summed E-state index contributed by atoms with van der Waals surface area (Å²) in [6.45, 7) is 4.66. The van der Waals surface area contributed by atoms with Crippen LogP contribution in [0.1, 0.15) is 68.1 Å². The molecule has 0 saturated heterocycles. The number of aromatic nitrogens is 2. The molecule has 1 aliphatic carbocycles. The van der Waals surface area contributed by atoms with Gasteiger partial charge in [0.25, 0.3) is 0 Å². The number of nitrogens with zero attached hydrogens (tertiary/aromatic N) is 2. The lowest BCUT2D eigenvalue weighted by Crippen LogP contribution is -2.20. The first-order valence-electron chi connectivity index (χ1n) is 7.18. The summed E-state index contributed by atoms with van der Waals surface area (Å²) < 4.78 is 5.38. The normalized spacial score (nSPS) is 20.9. The molecule has 20 heavy (non-hydrogen) atoms. The Bertz CT molecular complexity index is 551. The summed E-state index contributed by atoms with van der Waals surface area (Å²) in [4.78, 5) is 5.60. The van der Waals surface area contributed by atoms with E-state index in [4.69, 9.17) is 10.3 Å². The van der Waals surface area contributed by atoms with Crippen molar-refractivity contribution in [1.29, 1.82) is 0 Å². The minimum atomic E-state index is -0.295. The van der Waals surface area contributed by atoms with E-state index in [1.165, 1.54) is 12.8 Å². The lowest BCUT2D eigenvalue weighted by molar-refractivity contribution is 0.218. The van der Waals surface area contributed by atoms with E-state index in [-0.39, 0.29) is 6.04 Å². The standard InChI is InChI=1S/C15H21N3OS/c1-15(2)7-5-10(6-8-15)13-17-14(19-18-13)12(16)11-4-3-9-20-11/h3-4,9-10,12H,5-8,16H2,1-2H3. The first kappa shape index (κ1) is 13.8. The van der Waals surface area contributed by atoms with Gasteiger partial charge >= 0.3 is 0 Å². The number of thiophene rings is 1. The molecule has 4 nitrogen and oxygen atoms in total. The van der Waals surface area contributed by atoms with Gasteiger partial charge in [0, 0.05) is 10.8 Å². The van der Waals surface area contributed by atoms with Gasteiger partial charge in [-0.2, -0.15) is 4.98 Å². The molecule has 5 heteroatoms. The zero-order chi connectivity index (χ0) is 14.2. The molecule has 1 saturated carbocycles. The third-order valence-electron chi connectivity index (χ3n) is 4.28. The summed E-state index contributed by atoms with van der Waals surface area (Å²) in [7, 11) is 0. The third-order valence-corrected chi connectivity index (χ3v) is 5.23. The second-order valence-corrected chi connectivity index (χ2v) is 7.40. The number of rotatable bonds is 3. The number of hydrogen-bond donors (Lipinski definition) is 1. The maximum absolute atomic E-state index is 6.16. The molecule has 3 rings (SSSR count). The van der Waals surface area contributed by atoms with Gasteiger partial charge < -0.3 is 10.3 Å². The average Bonchev–Trinajstić information content (AvgIpc) is 3.09. The van der Waals surface area contributed by atoms with Gasteiger partial charge in [-0.3, -0.25) is 0 Å². The molecule has 0 aromatic carbocycles. The van der Waals surface area contributed by atoms with Crippen molar-refractivity contribution in [2.24, 2.45) is 11.1 Å². The zero-order valence-corrected chi connectivity index (χ0v) is 12.8. The maximum Gasteiger partial charge on any atom is 0.248 e. The van der Waals surface area contributed by atoms with E-state index < -0.39 is 0 Å². The highest BCUT2D eigenvalue weighted by atomic mass is 32.1. The van der Waals surface area contributed by atoms with Gasteiger partial charge in [-0.25, -0.2) is 0 Å². The summed E-state index contributed by atoms with van der Waals surface area (Å²) in [5.41, 5.74) is 6.62. The molecule has 0 radical (unpaired) electrons. The largest absolute Gasteiger partial charge is 0.337 e. The van der Waals surface area contributed by atoms with Crippen molar-refractivity contribution in [1.82, 2.24) is 10.1 Å². The average molecular weight is 291 g/mol. The van der Waals surface area contributed by atoms with Crippen molar-refractivity contribution in [3.05, 3.63) is 34.1 Å². The molecular formula is C15H21N3OS. The van der Waals surface area contributed by atoms with Gasteiger partial charge in [-0.05, 0) is 42.5 Å². The van der Waals surface area contributed by atoms with Crippen molar-refractivity contribution in [2.75, 3.05) is 0 Å². The van der Waals surface area contributed by atoms with E-state index in [1.807, 2.05) is 17.5 Å². The molecule has 2 heterocycles. The van der Waals surface area contributed by atoms with Gasteiger partial charge in [-0.1, -0.05) is 25.1 Å². The topological polar surface area (TPSA) is 64.9 Å². The van der Waals surface area contributed by atoms with Gasteiger partial charge in [0.05, 0.1) is 0 Å². The molecule has 1 fully saturated rings. The monoisotopic (exact) mass is 291 g/mol. The molecule has 1 atom stereocenters. The summed E-state index contributed by atoms with van der Waals surface area (Å²) >= 11 is 1.62. The molecule has 1 unspecified atom stereocenters. The summed E-state index contributed by atoms with van der Waals surface area (Å²) in [5, 5.41) is 6.17. The predicted molar refractivity (Wildman–Crippen MR) is 79.6 cm³/mol. The fourth-order valence-corrected chi connectivity index (χ4v) is 3.51. The maximum atomic E-state index is 6.16. The molecule has 1 aliphatic rings. The molecular weight excluding hydrogens is 270 g/mol. The molecule has 0 bridgehead atoms. The van der Waals surface area contributed by atoms with Crippen molar-refractivity contribution < 1.29 is 4.52 Å². The molecule has 2 aromatic heterocycles. The van der Waals surface area contributed by atoms with E-state index in [0.717, 1.165) is 23.5 Å². The Labute approximate surface area is 123 Å². The Morgan fingerprint density at radius 2 is 2.15 bits per heavy atom. The second-order valence-electron chi connectivity index (χ2n) is 6.42. The van der Waals surface area contributed by atoms with Crippen LogP contribution in [0.4, 0.5) is 0 Å². The van der Waals surface area contributed by atoms with Crippen molar-refractivity contribution in [3.8, 4) is 0 Å². The third kappa shape index (κ3) is 2.79. The molecule has 108 valence electrons. The van der Waals surface area contributed by atoms with Crippen LogP contribution in [0.2, 0.25) is 0 Å². The Morgan fingerprint density at radius 1 is 1.40 bits per heavy atom. The van der Waals surface area contributed by atoms with E-state index in [9.17, 15) is 0 Å². The van der Waals surface area contributed by atoms with Crippen LogP contribution in [0, 0.1) is 5.41 Å². The lowest BCUT2D eigenvalue weighted by Gasteiger charge is -2.32. The Morgan fingerprint density at radius 3 is 2.80 bits per heavy atom. The van der Waals surface area contributed by atoms with E-state index >= 15 is 0 Å². The van der Waals surface area contributed by atoms with Crippen LogP contribution in [-0.4, -0.2) is 10.1 Å². The van der Waals surface area contributed by atoms with E-state index in [1.54, 1.807) is 11.3 Å². The first-order valence-corrected chi connectivity index (χ1v) is 8.06. The van der Waals surface area contributed by atoms with Crippen LogP contribution in [-0.2, 0) is 0 Å². The molecule has 2 aromatic rings. The molecule has 0 spiro atoms. The van der Waals surface area contributed by atoms with Crippen LogP contribution in [0.25, 0.3) is 0 Å². The quantitative estimate of drug-likeness (QED) is 0.932. The first-order chi connectivity index (χ1) is 9.55. The van der Waals surface area contributed by atoms with Crippen molar-refractivity contribution >= 4 is 11.3 Å². The fraction of sp³-hybridized carbons (Fsp3) is 0.600. The van der Waals surface area contributed by atoms with Gasteiger partial charge in [0.15, 0.2) is 5.82 Å². The highest BCUT2D eigenvalue weighted by Crippen LogP contribution is 2.41. The smallest absolute Gasteiger partial charge is 0.248 e.